The number of rotatable bonds is 3. The number of H-pyrrole nitrogens is 1. The van der Waals surface area contributed by atoms with E-state index in [2.05, 4.69) is 16.3 Å². The number of nitrogens with one attached hydrogen (secondary N) is 1. The fourth-order valence-corrected chi connectivity index (χ4v) is 2.43. The molecule has 90 valence electrons. The van der Waals surface area contributed by atoms with Gasteiger partial charge in [-0.3, -0.25) is 9.89 Å². The molecule has 1 aliphatic rings. The summed E-state index contributed by atoms with van der Waals surface area (Å²) in [7, 11) is 1.74. The standard InChI is InChI=1S/C12H16N4O/c1-16(8-10-6-14-15-7-10)11(17)12(9-13)4-2-3-5-12/h6-7H,2-5,8H2,1H3,(H,14,15). The monoisotopic (exact) mass is 232 g/mol. The van der Waals surface area contributed by atoms with Crippen LogP contribution >= 0.6 is 0 Å². The third-order valence-corrected chi connectivity index (χ3v) is 3.40. The summed E-state index contributed by atoms with van der Waals surface area (Å²) in [6.45, 7) is 0.499. The van der Waals surface area contributed by atoms with Crippen molar-refractivity contribution in [3.8, 4) is 6.07 Å². The van der Waals surface area contributed by atoms with Gasteiger partial charge in [-0.15, -0.1) is 0 Å². The molecular formula is C12H16N4O. The second kappa shape index (κ2) is 4.58. The van der Waals surface area contributed by atoms with Gasteiger partial charge in [-0.25, -0.2) is 0 Å². The first kappa shape index (κ1) is 11.6. The van der Waals surface area contributed by atoms with Gasteiger partial charge in [0.15, 0.2) is 0 Å². The Bertz CT molecular complexity index is 426. The van der Waals surface area contributed by atoms with Crippen molar-refractivity contribution in [1.29, 1.82) is 5.26 Å². The molecule has 5 nitrogen and oxygen atoms in total. The van der Waals surface area contributed by atoms with Crippen molar-refractivity contribution in [2.24, 2.45) is 5.41 Å². The van der Waals surface area contributed by atoms with Gasteiger partial charge >= 0.3 is 0 Å². The third-order valence-electron chi connectivity index (χ3n) is 3.40. The van der Waals surface area contributed by atoms with Crippen LogP contribution in [0, 0.1) is 16.7 Å². The summed E-state index contributed by atoms with van der Waals surface area (Å²) in [5.74, 6) is -0.0568. The lowest BCUT2D eigenvalue weighted by atomic mass is 9.86. The zero-order valence-electron chi connectivity index (χ0n) is 9.94. The van der Waals surface area contributed by atoms with Gasteiger partial charge in [-0.05, 0) is 12.8 Å². The summed E-state index contributed by atoms with van der Waals surface area (Å²) in [5.41, 5.74) is 0.172. The highest BCUT2D eigenvalue weighted by Gasteiger charge is 2.43. The number of aromatic amines is 1. The van der Waals surface area contributed by atoms with Crippen molar-refractivity contribution >= 4 is 5.91 Å². The number of carbonyl (C=O) groups excluding carboxylic acids is 1. The summed E-state index contributed by atoms with van der Waals surface area (Å²) in [6, 6.07) is 2.22. The van der Waals surface area contributed by atoms with Crippen LogP contribution < -0.4 is 0 Å². The quantitative estimate of drug-likeness (QED) is 0.857. The van der Waals surface area contributed by atoms with E-state index in [9.17, 15) is 10.1 Å². The van der Waals surface area contributed by atoms with Gasteiger partial charge in [-0.2, -0.15) is 10.4 Å². The van der Waals surface area contributed by atoms with Crippen LogP contribution in [0.3, 0.4) is 0 Å². The van der Waals surface area contributed by atoms with Gasteiger partial charge in [0.05, 0.1) is 12.3 Å². The van der Waals surface area contributed by atoms with Crippen molar-refractivity contribution < 1.29 is 4.79 Å². The van der Waals surface area contributed by atoms with Crippen molar-refractivity contribution in [2.75, 3.05) is 7.05 Å². The molecule has 1 saturated carbocycles. The van der Waals surface area contributed by atoms with E-state index in [0.717, 1.165) is 18.4 Å². The lowest BCUT2D eigenvalue weighted by Crippen LogP contribution is -2.39. The summed E-state index contributed by atoms with van der Waals surface area (Å²) >= 11 is 0. The summed E-state index contributed by atoms with van der Waals surface area (Å²) in [5, 5.41) is 15.8. The van der Waals surface area contributed by atoms with Crippen molar-refractivity contribution in [3.05, 3.63) is 18.0 Å². The molecule has 1 aromatic heterocycles. The Kier molecular flexibility index (Phi) is 3.14. The largest absolute Gasteiger partial charge is 0.340 e. The number of amides is 1. The minimum Gasteiger partial charge on any atom is -0.340 e. The smallest absolute Gasteiger partial charge is 0.243 e. The third kappa shape index (κ3) is 2.16. The van der Waals surface area contributed by atoms with E-state index in [1.807, 2.05) is 0 Å². The molecule has 1 heterocycles. The molecule has 1 fully saturated rings. The van der Waals surface area contributed by atoms with E-state index in [1.54, 1.807) is 24.3 Å². The Morgan fingerprint density at radius 1 is 1.65 bits per heavy atom. The number of hydrogen-bond donors (Lipinski definition) is 1. The number of nitrogens with zero attached hydrogens (tertiary/aromatic N) is 3. The van der Waals surface area contributed by atoms with Gasteiger partial charge in [0, 0.05) is 25.4 Å². The molecule has 0 bridgehead atoms. The Labute approximate surface area is 100 Å². The molecule has 0 unspecified atom stereocenters. The number of aromatic nitrogens is 2. The zero-order chi connectivity index (χ0) is 12.3. The van der Waals surface area contributed by atoms with Gasteiger partial charge in [0.2, 0.25) is 5.91 Å². The number of hydrogen-bond acceptors (Lipinski definition) is 3. The Hall–Kier alpha value is -1.83. The van der Waals surface area contributed by atoms with Crippen LogP contribution in [-0.4, -0.2) is 28.1 Å². The minimum atomic E-state index is -0.779. The first-order valence-electron chi connectivity index (χ1n) is 5.82. The molecule has 0 aliphatic heterocycles. The van der Waals surface area contributed by atoms with Crippen LogP contribution in [0.4, 0.5) is 0 Å². The molecule has 5 heteroatoms. The van der Waals surface area contributed by atoms with Crippen LogP contribution in [0.5, 0.6) is 0 Å². The summed E-state index contributed by atoms with van der Waals surface area (Å²) < 4.78 is 0. The maximum atomic E-state index is 12.3. The highest BCUT2D eigenvalue weighted by Crippen LogP contribution is 2.39. The lowest BCUT2D eigenvalue weighted by Gasteiger charge is -2.26. The molecule has 17 heavy (non-hydrogen) atoms. The van der Waals surface area contributed by atoms with Gasteiger partial charge < -0.3 is 4.90 Å². The normalized spacial score (nSPS) is 17.6. The average molecular weight is 232 g/mol. The molecule has 0 radical (unpaired) electrons. The molecule has 0 aromatic carbocycles. The minimum absolute atomic E-state index is 0.0568. The molecular weight excluding hydrogens is 216 g/mol. The van der Waals surface area contributed by atoms with E-state index in [4.69, 9.17) is 0 Å². The highest BCUT2D eigenvalue weighted by molar-refractivity contribution is 5.85. The number of nitriles is 1. The van der Waals surface area contributed by atoms with Crippen LogP contribution in [-0.2, 0) is 11.3 Å². The lowest BCUT2D eigenvalue weighted by molar-refractivity contribution is -0.138. The van der Waals surface area contributed by atoms with E-state index < -0.39 is 5.41 Å². The van der Waals surface area contributed by atoms with Crippen molar-refractivity contribution in [2.45, 2.75) is 32.2 Å². The van der Waals surface area contributed by atoms with Crippen LogP contribution in [0.2, 0.25) is 0 Å². The van der Waals surface area contributed by atoms with E-state index in [0.29, 0.717) is 19.4 Å². The van der Waals surface area contributed by atoms with Crippen LogP contribution in [0.1, 0.15) is 31.2 Å². The Morgan fingerprint density at radius 3 is 2.88 bits per heavy atom. The average Bonchev–Trinajstić information content (AvgIpc) is 2.99. The van der Waals surface area contributed by atoms with Crippen LogP contribution in [0.25, 0.3) is 0 Å². The predicted molar refractivity (Wildman–Crippen MR) is 61.6 cm³/mol. The highest BCUT2D eigenvalue weighted by atomic mass is 16.2. The van der Waals surface area contributed by atoms with Crippen molar-refractivity contribution in [1.82, 2.24) is 15.1 Å². The molecule has 1 aliphatic carbocycles. The number of carbonyl (C=O) groups is 1. The fourth-order valence-electron chi connectivity index (χ4n) is 2.43. The second-order valence-corrected chi connectivity index (χ2v) is 4.67. The molecule has 2 rings (SSSR count). The van der Waals surface area contributed by atoms with Crippen molar-refractivity contribution in [3.63, 3.8) is 0 Å². The first-order chi connectivity index (χ1) is 8.18. The molecule has 0 spiro atoms. The van der Waals surface area contributed by atoms with E-state index >= 15 is 0 Å². The van der Waals surface area contributed by atoms with Gasteiger partial charge in [0.25, 0.3) is 0 Å². The zero-order valence-corrected chi connectivity index (χ0v) is 9.94. The summed E-state index contributed by atoms with van der Waals surface area (Å²) in [4.78, 5) is 13.9. The molecule has 1 amide bonds. The molecule has 1 N–H and O–H groups in total. The van der Waals surface area contributed by atoms with Crippen LogP contribution in [0.15, 0.2) is 12.4 Å². The SMILES string of the molecule is CN(Cc1cn[nH]c1)C(=O)C1(C#N)CCCC1. The Balaban J connectivity index is 2.06. The van der Waals surface area contributed by atoms with Gasteiger partial charge in [0.1, 0.15) is 5.41 Å². The molecule has 0 saturated heterocycles. The maximum absolute atomic E-state index is 12.3. The summed E-state index contributed by atoms with van der Waals surface area (Å²) in [6.07, 6.45) is 6.78. The van der Waals surface area contributed by atoms with E-state index in [1.165, 1.54) is 0 Å². The first-order valence-corrected chi connectivity index (χ1v) is 5.82. The predicted octanol–water partition coefficient (Wildman–Crippen LogP) is 1.45. The molecule has 0 atom stereocenters. The fraction of sp³-hybridized carbons (Fsp3) is 0.583. The Morgan fingerprint density at radius 2 is 2.35 bits per heavy atom. The topological polar surface area (TPSA) is 72.8 Å². The van der Waals surface area contributed by atoms with Gasteiger partial charge in [-0.1, -0.05) is 12.8 Å². The van der Waals surface area contributed by atoms with E-state index in [-0.39, 0.29) is 5.91 Å². The second-order valence-electron chi connectivity index (χ2n) is 4.67. The maximum Gasteiger partial charge on any atom is 0.243 e. The molecule has 1 aromatic rings.